The SMILES string of the molecule is Cc1ccc(CNC(=O)CSc2ccc([N+](=O)[O-])cc2)c(C)c1. The molecular formula is C17H18N2O3S. The zero-order valence-electron chi connectivity index (χ0n) is 13.0. The fourth-order valence-electron chi connectivity index (χ4n) is 2.10. The van der Waals surface area contributed by atoms with Crippen molar-refractivity contribution in [1.82, 2.24) is 5.32 Å². The molecule has 0 fully saturated rings. The van der Waals surface area contributed by atoms with E-state index in [1.807, 2.05) is 26.0 Å². The van der Waals surface area contributed by atoms with E-state index in [-0.39, 0.29) is 17.3 Å². The molecule has 0 aliphatic heterocycles. The van der Waals surface area contributed by atoms with Crippen molar-refractivity contribution in [3.05, 3.63) is 69.3 Å². The lowest BCUT2D eigenvalue weighted by molar-refractivity contribution is -0.384. The molecule has 6 heteroatoms. The molecule has 5 nitrogen and oxygen atoms in total. The van der Waals surface area contributed by atoms with Crippen LogP contribution in [0.5, 0.6) is 0 Å². The van der Waals surface area contributed by atoms with Gasteiger partial charge in [0.15, 0.2) is 0 Å². The van der Waals surface area contributed by atoms with E-state index in [0.717, 1.165) is 16.0 Å². The average molecular weight is 330 g/mol. The Morgan fingerprint density at radius 2 is 1.87 bits per heavy atom. The Morgan fingerprint density at radius 3 is 2.48 bits per heavy atom. The van der Waals surface area contributed by atoms with Crippen molar-refractivity contribution in [2.75, 3.05) is 5.75 Å². The first-order valence-corrected chi connectivity index (χ1v) is 8.14. The maximum absolute atomic E-state index is 11.9. The first-order chi connectivity index (χ1) is 11.0. The number of hydrogen-bond donors (Lipinski definition) is 1. The Balaban J connectivity index is 1.82. The first kappa shape index (κ1) is 17.0. The number of carbonyl (C=O) groups excluding carboxylic acids is 1. The number of rotatable bonds is 6. The van der Waals surface area contributed by atoms with E-state index in [4.69, 9.17) is 0 Å². The molecular weight excluding hydrogens is 312 g/mol. The van der Waals surface area contributed by atoms with Gasteiger partial charge in [0.2, 0.25) is 5.91 Å². The van der Waals surface area contributed by atoms with Crippen LogP contribution in [0.2, 0.25) is 0 Å². The van der Waals surface area contributed by atoms with Crippen LogP contribution in [0.4, 0.5) is 5.69 Å². The largest absolute Gasteiger partial charge is 0.351 e. The van der Waals surface area contributed by atoms with E-state index in [1.54, 1.807) is 12.1 Å². The van der Waals surface area contributed by atoms with Crippen molar-refractivity contribution >= 4 is 23.4 Å². The van der Waals surface area contributed by atoms with E-state index < -0.39 is 4.92 Å². The molecule has 23 heavy (non-hydrogen) atoms. The Kier molecular flexibility index (Phi) is 5.76. The molecule has 0 atom stereocenters. The third-order valence-corrected chi connectivity index (χ3v) is 4.40. The molecule has 0 aromatic heterocycles. The minimum atomic E-state index is -0.439. The van der Waals surface area contributed by atoms with Crippen LogP contribution < -0.4 is 5.32 Å². The molecule has 0 saturated heterocycles. The van der Waals surface area contributed by atoms with Crippen LogP contribution in [0, 0.1) is 24.0 Å². The first-order valence-electron chi connectivity index (χ1n) is 7.16. The van der Waals surface area contributed by atoms with E-state index in [0.29, 0.717) is 6.54 Å². The summed E-state index contributed by atoms with van der Waals surface area (Å²) in [5.74, 6) is 0.219. The summed E-state index contributed by atoms with van der Waals surface area (Å²) < 4.78 is 0. The van der Waals surface area contributed by atoms with Gasteiger partial charge in [0.05, 0.1) is 10.7 Å². The Labute approximate surface area is 139 Å². The van der Waals surface area contributed by atoms with Gasteiger partial charge in [-0.3, -0.25) is 14.9 Å². The number of carbonyl (C=O) groups is 1. The minimum Gasteiger partial charge on any atom is -0.351 e. The van der Waals surface area contributed by atoms with Crippen LogP contribution in [0.15, 0.2) is 47.4 Å². The van der Waals surface area contributed by atoms with Gasteiger partial charge in [0, 0.05) is 23.6 Å². The minimum absolute atomic E-state index is 0.0497. The van der Waals surface area contributed by atoms with Crippen molar-refractivity contribution in [1.29, 1.82) is 0 Å². The molecule has 0 aliphatic carbocycles. The lowest BCUT2D eigenvalue weighted by Gasteiger charge is -2.09. The quantitative estimate of drug-likeness (QED) is 0.499. The van der Waals surface area contributed by atoms with Crippen LogP contribution in [0.25, 0.3) is 0 Å². The smallest absolute Gasteiger partial charge is 0.269 e. The van der Waals surface area contributed by atoms with Gasteiger partial charge in [0.1, 0.15) is 0 Å². The standard InChI is InChI=1S/C17H18N2O3S/c1-12-3-4-14(13(2)9-12)10-18-17(20)11-23-16-7-5-15(6-8-16)19(21)22/h3-9H,10-11H2,1-2H3,(H,18,20). The molecule has 0 heterocycles. The predicted octanol–water partition coefficient (Wildman–Crippen LogP) is 3.62. The molecule has 1 N–H and O–H groups in total. The van der Waals surface area contributed by atoms with Crippen molar-refractivity contribution in [2.24, 2.45) is 0 Å². The third kappa shape index (κ3) is 5.10. The van der Waals surface area contributed by atoms with Crippen molar-refractivity contribution in [3.63, 3.8) is 0 Å². The molecule has 0 radical (unpaired) electrons. The van der Waals surface area contributed by atoms with E-state index in [2.05, 4.69) is 11.4 Å². The van der Waals surface area contributed by atoms with Crippen LogP contribution >= 0.6 is 11.8 Å². The number of hydrogen-bond acceptors (Lipinski definition) is 4. The summed E-state index contributed by atoms with van der Waals surface area (Å²) in [6.07, 6.45) is 0. The van der Waals surface area contributed by atoms with Gasteiger partial charge < -0.3 is 5.32 Å². The highest BCUT2D eigenvalue weighted by Gasteiger charge is 2.07. The molecule has 0 spiro atoms. The number of benzene rings is 2. The lowest BCUT2D eigenvalue weighted by atomic mass is 10.1. The van der Waals surface area contributed by atoms with Gasteiger partial charge in [-0.15, -0.1) is 11.8 Å². The summed E-state index contributed by atoms with van der Waals surface area (Å²) in [4.78, 5) is 22.9. The number of nitrogens with zero attached hydrogens (tertiary/aromatic N) is 1. The third-order valence-electron chi connectivity index (χ3n) is 3.39. The topological polar surface area (TPSA) is 72.2 Å². The Hall–Kier alpha value is -2.34. The molecule has 1 amide bonds. The van der Waals surface area contributed by atoms with Crippen LogP contribution in [0.3, 0.4) is 0 Å². The Morgan fingerprint density at radius 1 is 1.17 bits per heavy atom. The fourth-order valence-corrected chi connectivity index (χ4v) is 2.83. The highest BCUT2D eigenvalue weighted by molar-refractivity contribution is 8.00. The molecule has 2 rings (SSSR count). The second-order valence-corrected chi connectivity index (χ2v) is 6.30. The summed E-state index contributed by atoms with van der Waals surface area (Å²) in [6, 6.07) is 12.3. The molecule has 2 aromatic carbocycles. The maximum Gasteiger partial charge on any atom is 0.269 e. The number of nitro groups is 1. The number of non-ortho nitro benzene ring substituents is 1. The molecule has 0 aliphatic rings. The molecule has 0 unspecified atom stereocenters. The zero-order valence-corrected chi connectivity index (χ0v) is 13.9. The Bertz CT molecular complexity index is 714. The molecule has 0 saturated carbocycles. The molecule has 2 aromatic rings. The summed E-state index contributed by atoms with van der Waals surface area (Å²) in [5.41, 5.74) is 3.51. The number of thioether (sulfide) groups is 1. The predicted molar refractivity (Wildman–Crippen MR) is 91.6 cm³/mol. The van der Waals surface area contributed by atoms with Crippen LogP contribution in [-0.2, 0) is 11.3 Å². The number of amides is 1. The lowest BCUT2D eigenvalue weighted by Crippen LogP contribution is -2.24. The summed E-state index contributed by atoms with van der Waals surface area (Å²) in [5, 5.41) is 13.5. The van der Waals surface area contributed by atoms with Gasteiger partial charge in [0.25, 0.3) is 5.69 Å². The van der Waals surface area contributed by atoms with Crippen LogP contribution in [0.1, 0.15) is 16.7 Å². The van der Waals surface area contributed by atoms with E-state index in [9.17, 15) is 14.9 Å². The second kappa shape index (κ2) is 7.78. The van der Waals surface area contributed by atoms with Gasteiger partial charge in [-0.1, -0.05) is 23.8 Å². The number of aryl methyl sites for hydroxylation is 2. The van der Waals surface area contributed by atoms with Crippen molar-refractivity contribution in [2.45, 2.75) is 25.3 Å². The van der Waals surface area contributed by atoms with Gasteiger partial charge >= 0.3 is 0 Å². The van der Waals surface area contributed by atoms with Crippen LogP contribution in [-0.4, -0.2) is 16.6 Å². The fraction of sp³-hybridized carbons (Fsp3) is 0.235. The molecule has 0 bridgehead atoms. The van der Waals surface area contributed by atoms with E-state index in [1.165, 1.54) is 29.5 Å². The highest BCUT2D eigenvalue weighted by Crippen LogP contribution is 2.21. The molecule has 120 valence electrons. The summed E-state index contributed by atoms with van der Waals surface area (Å²) >= 11 is 1.36. The maximum atomic E-state index is 11.9. The normalized spacial score (nSPS) is 10.3. The highest BCUT2D eigenvalue weighted by atomic mass is 32.2. The van der Waals surface area contributed by atoms with Crippen molar-refractivity contribution in [3.8, 4) is 0 Å². The second-order valence-electron chi connectivity index (χ2n) is 5.25. The number of nitro benzene ring substituents is 1. The van der Waals surface area contributed by atoms with Gasteiger partial charge in [-0.2, -0.15) is 0 Å². The summed E-state index contributed by atoms with van der Waals surface area (Å²) in [7, 11) is 0. The monoisotopic (exact) mass is 330 g/mol. The summed E-state index contributed by atoms with van der Waals surface area (Å²) in [6.45, 7) is 4.57. The van der Waals surface area contributed by atoms with Gasteiger partial charge in [-0.05, 0) is 37.1 Å². The number of nitrogens with one attached hydrogen (secondary N) is 1. The average Bonchev–Trinajstić information content (AvgIpc) is 2.52. The van der Waals surface area contributed by atoms with Gasteiger partial charge in [-0.25, -0.2) is 0 Å². The van der Waals surface area contributed by atoms with Crippen molar-refractivity contribution < 1.29 is 9.72 Å². The zero-order chi connectivity index (χ0) is 16.8. The van der Waals surface area contributed by atoms with E-state index >= 15 is 0 Å².